The normalized spacial score (nSPS) is 10.6. The lowest BCUT2D eigenvalue weighted by Crippen LogP contribution is -2.14. The number of hydrogen-bond donors (Lipinski definition) is 1. The van der Waals surface area contributed by atoms with Crippen LogP contribution in [-0.2, 0) is 0 Å². The summed E-state index contributed by atoms with van der Waals surface area (Å²) in [6.45, 7) is 0. The van der Waals surface area contributed by atoms with Crippen LogP contribution in [0.25, 0.3) is 17.1 Å². The zero-order chi connectivity index (χ0) is 19.5. The van der Waals surface area contributed by atoms with Gasteiger partial charge in [-0.3, -0.25) is 4.79 Å². The highest BCUT2D eigenvalue weighted by atomic mass is 35.5. The van der Waals surface area contributed by atoms with Gasteiger partial charge in [0.25, 0.3) is 5.91 Å². The van der Waals surface area contributed by atoms with Gasteiger partial charge >= 0.3 is 0 Å². The average Bonchev–Trinajstić information content (AvgIpc) is 3.16. The Balaban J connectivity index is 1.74. The van der Waals surface area contributed by atoms with E-state index in [1.165, 1.54) is 24.3 Å². The Morgan fingerprint density at radius 3 is 2.43 bits per heavy atom. The predicted octanol–water partition coefficient (Wildman–Crippen LogP) is 4.98. The van der Waals surface area contributed by atoms with Crippen LogP contribution in [0.15, 0.2) is 78.9 Å². The summed E-state index contributed by atoms with van der Waals surface area (Å²) in [5.41, 5.74) is 1.93. The minimum absolute atomic E-state index is 0.0110. The number of aromatic nitrogens is 3. The molecule has 1 heterocycles. The summed E-state index contributed by atoms with van der Waals surface area (Å²) >= 11 is 6.12. The molecule has 0 aliphatic heterocycles. The number of nitrogens with zero attached hydrogens (tertiary/aromatic N) is 3. The number of carbonyl (C=O) groups is 1. The highest BCUT2D eigenvalue weighted by Crippen LogP contribution is 2.24. The number of benzene rings is 3. The molecule has 0 atom stereocenters. The number of halogens is 2. The van der Waals surface area contributed by atoms with E-state index >= 15 is 0 Å². The zero-order valence-corrected chi connectivity index (χ0v) is 15.3. The van der Waals surface area contributed by atoms with Crippen molar-refractivity contribution in [2.75, 3.05) is 5.32 Å². The molecule has 138 valence electrons. The summed E-state index contributed by atoms with van der Waals surface area (Å²) in [7, 11) is 0. The molecule has 4 rings (SSSR count). The van der Waals surface area contributed by atoms with Crippen LogP contribution in [0, 0.1) is 5.82 Å². The van der Waals surface area contributed by atoms with E-state index < -0.39 is 5.91 Å². The summed E-state index contributed by atoms with van der Waals surface area (Å²) in [4.78, 5) is 17.0. The molecule has 28 heavy (non-hydrogen) atoms. The third-order valence-corrected chi connectivity index (χ3v) is 4.23. The number of para-hydroxylation sites is 1. The van der Waals surface area contributed by atoms with E-state index in [9.17, 15) is 9.18 Å². The molecule has 0 aliphatic carbocycles. The second-order valence-corrected chi connectivity index (χ2v) is 6.41. The molecule has 4 aromatic rings. The topological polar surface area (TPSA) is 59.8 Å². The van der Waals surface area contributed by atoms with Gasteiger partial charge in [0.2, 0.25) is 5.82 Å². The van der Waals surface area contributed by atoms with Crippen LogP contribution in [0.2, 0.25) is 5.02 Å². The molecule has 0 unspecified atom stereocenters. The van der Waals surface area contributed by atoms with E-state index in [0.717, 1.165) is 11.3 Å². The van der Waals surface area contributed by atoms with Gasteiger partial charge in [-0.25, -0.2) is 14.1 Å². The van der Waals surface area contributed by atoms with Gasteiger partial charge in [0.1, 0.15) is 5.82 Å². The molecule has 5 nitrogen and oxygen atoms in total. The van der Waals surface area contributed by atoms with Crippen LogP contribution in [0.1, 0.15) is 10.6 Å². The predicted molar refractivity (Wildman–Crippen MR) is 106 cm³/mol. The van der Waals surface area contributed by atoms with Crippen molar-refractivity contribution in [2.45, 2.75) is 0 Å². The van der Waals surface area contributed by atoms with Gasteiger partial charge in [0.15, 0.2) is 5.82 Å². The maximum Gasteiger partial charge on any atom is 0.295 e. The fourth-order valence-corrected chi connectivity index (χ4v) is 2.88. The van der Waals surface area contributed by atoms with Crippen molar-refractivity contribution < 1.29 is 9.18 Å². The lowest BCUT2D eigenvalue weighted by Gasteiger charge is -2.05. The highest BCUT2D eigenvalue weighted by molar-refractivity contribution is 6.30. The lowest BCUT2D eigenvalue weighted by molar-refractivity contribution is 0.101. The molecule has 0 saturated carbocycles. The lowest BCUT2D eigenvalue weighted by atomic mass is 10.2. The number of carbonyl (C=O) groups excluding carboxylic acids is 1. The van der Waals surface area contributed by atoms with E-state index in [1.54, 1.807) is 22.9 Å². The molecule has 0 aliphatic rings. The Hall–Kier alpha value is -3.51. The molecule has 1 amide bonds. The van der Waals surface area contributed by atoms with E-state index in [2.05, 4.69) is 15.4 Å². The smallest absolute Gasteiger partial charge is 0.295 e. The van der Waals surface area contributed by atoms with Gasteiger partial charge in [0.05, 0.1) is 5.69 Å². The van der Waals surface area contributed by atoms with E-state index in [0.29, 0.717) is 16.5 Å². The van der Waals surface area contributed by atoms with E-state index in [4.69, 9.17) is 11.6 Å². The first-order valence-electron chi connectivity index (χ1n) is 8.45. The molecular formula is C21H14ClFN4O. The highest BCUT2D eigenvalue weighted by Gasteiger charge is 2.19. The summed E-state index contributed by atoms with van der Waals surface area (Å²) in [5, 5.41) is 7.60. The molecule has 0 saturated heterocycles. The monoisotopic (exact) mass is 392 g/mol. The number of nitrogens with one attached hydrogen (secondary N) is 1. The number of amides is 1. The fourth-order valence-electron chi connectivity index (χ4n) is 2.69. The minimum atomic E-state index is -0.496. The van der Waals surface area contributed by atoms with Crippen molar-refractivity contribution >= 4 is 23.2 Å². The summed E-state index contributed by atoms with van der Waals surface area (Å²) < 4.78 is 14.6. The van der Waals surface area contributed by atoms with Crippen molar-refractivity contribution in [3.8, 4) is 17.1 Å². The maximum absolute atomic E-state index is 13.1. The van der Waals surface area contributed by atoms with Gasteiger partial charge < -0.3 is 5.32 Å². The summed E-state index contributed by atoms with van der Waals surface area (Å²) in [6, 6.07) is 22.0. The van der Waals surface area contributed by atoms with Crippen molar-refractivity contribution in [3.63, 3.8) is 0 Å². The van der Waals surface area contributed by atoms with Crippen LogP contribution in [0.4, 0.5) is 10.1 Å². The second kappa shape index (κ2) is 7.62. The molecular weight excluding hydrogens is 379 g/mol. The molecule has 0 spiro atoms. The van der Waals surface area contributed by atoms with Crippen molar-refractivity contribution in [2.24, 2.45) is 0 Å². The molecule has 0 bridgehead atoms. The number of rotatable bonds is 4. The van der Waals surface area contributed by atoms with E-state index in [-0.39, 0.29) is 11.6 Å². The van der Waals surface area contributed by atoms with Gasteiger partial charge in [-0.1, -0.05) is 41.9 Å². The third kappa shape index (κ3) is 3.77. The molecule has 1 N–H and O–H groups in total. The maximum atomic E-state index is 13.1. The molecule has 7 heteroatoms. The largest absolute Gasteiger partial charge is 0.319 e. The Bertz CT molecular complexity index is 1130. The Labute approximate surface area is 165 Å². The molecule has 0 fully saturated rings. The van der Waals surface area contributed by atoms with Crippen LogP contribution in [0.3, 0.4) is 0 Å². The van der Waals surface area contributed by atoms with Crippen LogP contribution in [0.5, 0.6) is 0 Å². The fraction of sp³-hybridized carbons (Fsp3) is 0. The quantitative estimate of drug-likeness (QED) is 0.533. The Kier molecular flexibility index (Phi) is 4.87. The average molecular weight is 393 g/mol. The summed E-state index contributed by atoms with van der Waals surface area (Å²) in [6.07, 6.45) is 0. The van der Waals surface area contributed by atoms with Gasteiger partial charge in [-0.15, -0.1) is 5.10 Å². The Morgan fingerprint density at radius 1 is 0.964 bits per heavy atom. The standard InChI is InChI=1S/C21H14ClFN4O/c22-15-6-4-5-14(13-15)20-25-19(26-27(20)18-7-2-1-3-8-18)21(28)24-17-11-9-16(23)10-12-17/h1-13H,(H,24,28). The van der Waals surface area contributed by atoms with Crippen LogP contribution < -0.4 is 5.32 Å². The van der Waals surface area contributed by atoms with Crippen LogP contribution in [-0.4, -0.2) is 20.7 Å². The van der Waals surface area contributed by atoms with Crippen molar-refractivity contribution in [1.82, 2.24) is 14.8 Å². The number of hydrogen-bond acceptors (Lipinski definition) is 3. The Morgan fingerprint density at radius 2 is 1.71 bits per heavy atom. The SMILES string of the molecule is O=C(Nc1ccc(F)cc1)c1nc(-c2cccc(Cl)c2)n(-c2ccccc2)n1. The molecule has 1 aromatic heterocycles. The van der Waals surface area contributed by atoms with Gasteiger partial charge in [0, 0.05) is 16.3 Å². The molecule has 3 aromatic carbocycles. The van der Waals surface area contributed by atoms with Crippen molar-refractivity contribution in [3.05, 3.63) is 95.5 Å². The minimum Gasteiger partial charge on any atom is -0.319 e. The third-order valence-electron chi connectivity index (χ3n) is 4.00. The second-order valence-electron chi connectivity index (χ2n) is 5.98. The van der Waals surface area contributed by atoms with Gasteiger partial charge in [-0.05, 0) is 48.5 Å². The number of anilines is 1. The van der Waals surface area contributed by atoms with Crippen molar-refractivity contribution in [1.29, 1.82) is 0 Å². The van der Waals surface area contributed by atoms with E-state index in [1.807, 2.05) is 36.4 Å². The first-order valence-corrected chi connectivity index (χ1v) is 8.83. The van der Waals surface area contributed by atoms with Gasteiger partial charge in [-0.2, -0.15) is 0 Å². The summed E-state index contributed by atoms with van der Waals surface area (Å²) in [5.74, 6) is -0.404. The first kappa shape index (κ1) is 17.9. The zero-order valence-electron chi connectivity index (χ0n) is 14.5. The molecule has 0 radical (unpaired) electrons. The van der Waals surface area contributed by atoms with Crippen LogP contribution >= 0.6 is 11.6 Å². The first-order chi connectivity index (χ1) is 13.6.